The van der Waals surface area contributed by atoms with E-state index in [1.165, 1.54) is 7.11 Å². The summed E-state index contributed by atoms with van der Waals surface area (Å²) < 4.78 is 11.0. The van der Waals surface area contributed by atoms with Gasteiger partial charge in [-0.2, -0.15) is 4.98 Å². The Morgan fingerprint density at radius 3 is 3.13 bits per heavy atom. The van der Waals surface area contributed by atoms with Gasteiger partial charge in [-0.15, -0.1) is 0 Å². The van der Waals surface area contributed by atoms with Crippen LogP contribution in [-0.4, -0.2) is 51.9 Å². The van der Waals surface area contributed by atoms with Gasteiger partial charge in [0.1, 0.15) is 6.04 Å². The number of methoxy groups -OCH3 is 1. The molecule has 1 fully saturated rings. The van der Waals surface area contributed by atoms with Crippen molar-refractivity contribution in [3.05, 3.63) is 34.6 Å². The molecule has 7 nitrogen and oxygen atoms in total. The normalized spacial score (nSPS) is 21.5. The Kier molecular flexibility index (Phi) is 4.74. The van der Waals surface area contributed by atoms with Crippen LogP contribution >= 0.6 is 15.9 Å². The fraction of sp³-hybridized carbons (Fsp3) is 0.400. The lowest BCUT2D eigenvalue weighted by Crippen LogP contribution is -2.36. The Hall–Kier alpha value is -1.77. The van der Waals surface area contributed by atoms with Crippen LogP contribution in [0.3, 0.4) is 0 Å². The zero-order valence-electron chi connectivity index (χ0n) is 12.5. The number of hydrogen-bond donors (Lipinski definition) is 1. The van der Waals surface area contributed by atoms with Crippen LogP contribution in [0.5, 0.6) is 0 Å². The molecule has 1 aliphatic heterocycles. The third-order valence-corrected chi connectivity index (χ3v) is 4.24. The number of halogens is 1. The molecule has 0 radical (unpaired) electrons. The minimum absolute atomic E-state index is 0.290. The molecule has 0 spiro atoms. The Morgan fingerprint density at radius 2 is 2.39 bits per heavy atom. The minimum Gasteiger partial charge on any atom is -0.468 e. The largest absolute Gasteiger partial charge is 0.468 e. The van der Waals surface area contributed by atoms with Gasteiger partial charge >= 0.3 is 5.97 Å². The number of esters is 1. The van der Waals surface area contributed by atoms with Gasteiger partial charge in [0.2, 0.25) is 11.7 Å². The number of carbonyl (C=O) groups excluding carboxylic acids is 1. The summed E-state index contributed by atoms with van der Waals surface area (Å²) in [4.78, 5) is 17.9. The van der Waals surface area contributed by atoms with Crippen molar-refractivity contribution in [1.29, 1.82) is 0 Å². The molecule has 1 N–H and O–H groups in total. The summed E-state index contributed by atoms with van der Waals surface area (Å²) in [7, 11) is 1.34. The molecule has 1 aromatic carbocycles. The number of aliphatic hydroxyl groups is 1. The lowest BCUT2D eigenvalue weighted by Gasteiger charge is -2.19. The lowest BCUT2D eigenvalue weighted by atomic mass is 10.2. The molecular formula is C15H16BrN3O4. The van der Waals surface area contributed by atoms with Gasteiger partial charge in [0, 0.05) is 23.0 Å². The van der Waals surface area contributed by atoms with E-state index in [0.717, 1.165) is 10.0 Å². The summed E-state index contributed by atoms with van der Waals surface area (Å²) in [5.74, 6) is 0.506. The van der Waals surface area contributed by atoms with E-state index in [4.69, 9.17) is 9.26 Å². The van der Waals surface area contributed by atoms with E-state index < -0.39 is 12.1 Å². The Morgan fingerprint density at radius 1 is 1.57 bits per heavy atom. The lowest BCUT2D eigenvalue weighted by molar-refractivity contribution is -0.146. The number of carbonyl (C=O) groups is 1. The molecule has 2 heterocycles. The van der Waals surface area contributed by atoms with E-state index in [1.54, 1.807) is 4.90 Å². The van der Waals surface area contributed by atoms with Crippen molar-refractivity contribution in [3.63, 3.8) is 0 Å². The highest BCUT2D eigenvalue weighted by atomic mass is 79.9. The molecule has 1 saturated heterocycles. The molecule has 0 amide bonds. The average molecular weight is 382 g/mol. The van der Waals surface area contributed by atoms with Crippen molar-refractivity contribution in [2.75, 3.05) is 13.7 Å². The smallest absolute Gasteiger partial charge is 0.323 e. The first-order valence-corrected chi connectivity index (χ1v) is 7.94. The standard InChI is InChI=1S/C15H16BrN3O4/c1-22-15(21)12-6-11(20)7-19(12)8-13-17-14(18-23-13)9-3-2-4-10(16)5-9/h2-5,11-12,20H,6-8H2,1H3/t11-,12+/m1/s1. The minimum atomic E-state index is -0.563. The third-order valence-electron chi connectivity index (χ3n) is 3.74. The Bertz CT molecular complexity index is 706. The van der Waals surface area contributed by atoms with Gasteiger partial charge < -0.3 is 14.4 Å². The predicted octanol–water partition coefficient (Wildman–Crippen LogP) is 1.61. The number of β-amino-alcohol motifs (C(OH)–C–C–N with tert-alkyl or cyclic N) is 1. The number of ether oxygens (including phenoxy) is 1. The number of benzene rings is 1. The molecular weight excluding hydrogens is 366 g/mol. The summed E-state index contributed by atoms with van der Waals surface area (Å²) in [6.45, 7) is 0.659. The summed E-state index contributed by atoms with van der Waals surface area (Å²) in [5.41, 5.74) is 0.834. The van der Waals surface area contributed by atoms with Gasteiger partial charge in [0.25, 0.3) is 0 Å². The van der Waals surface area contributed by atoms with Crippen LogP contribution in [-0.2, 0) is 16.1 Å². The van der Waals surface area contributed by atoms with Crippen molar-refractivity contribution < 1.29 is 19.2 Å². The van der Waals surface area contributed by atoms with Gasteiger partial charge in [-0.05, 0) is 12.1 Å². The predicted molar refractivity (Wildman–Crippen MR) is 84.3 cm³/mol. The first-order valence-electron chi connectivity index (χ1n) is 7.15. The van der Waals surface area contributed by atoms with Crippen molar-refractivity contribution >= 4 is 21.9 Å². The number of aromatic nitrogens is 2. The van der Waals surface area contributed by atoms with Crippen LogP contribution in [0.2, 0.25) is 0 Å². The molecule has 1 aliphatic rings. The van der Waals surface area contributed by atoms with E-state index in [0.29, 0.717) is 24.7 Å². The maximum Gasteiger partial charge on any atom is 0.323 e. The SMILES string of the molecule is COC(=O)[C@@H]1C[C@@H](O)CN1Cc1nc(-c2cccc(Br)c2)no1. The second kappa shape index (κ2) is 6.77. The highest BCUT2D eigenvalue weighted by molar-refractivity contribution is 9.10. The molecule has 0 unspecified atom stereocenters. The maximum atomic E-state index is 11.8. The van der Waals surface area contributed by atoms with Crippen molar-refractivity contribution in [2.45, 2.75) is 25.1 Å². The van der Waals surface area contributed by atoms with Crippen LogP contribution in [0.1, 0.15) is 12.3 Å². The second-order valence-electron chi connectivity index (χ2n) is 5.38. The second-order valence-corrected chi connectivity index (χ2v) is 6.30. The number of rotatable bonds is 4. The number of hydrogen-bond acceptors (Lipinski definition) is 7. The fourth-order valence-electron chi connectivity index (χ4n) is 2.67. The van der Waals surface area contributed by atoms with Crippen LogP contribution in [0, 0.1) is 0 Å². The van der Waals surface area contributed by atoms with E-state index in [9.17, 15) is 9.90 Å². The Labute approximate surface area is 141 Å². The molecule has 2 aromatic rings. The molecule has 0 saturated carbocycles. The zero-order chi connectivity index (χ0) is 16.4. The summed E-state index contributed by atoms with van der Waals surface area (Å²) >= 11 is 3.40. The third kappa shape index (κ3) is 3.60. The number of nitrogens with zero attached hydrogens (tertiary/aromatic N) is 3. The molecule has 2 atom stereocenters. The first-order chi connectivity index (χ1) is 11.1. The molecule has 3 rings (SSSR count). The van der Waals surface area contributed by atoms with E-state index >= 15 is 0 Å². The van der Waals surface area contributed by atoms with E-state index in [2.05, 4.69) is 26.1 Å². The molecule has 23 heavy (non-hydrogen) atoms. The molecule has 0 bridgehead atoms. The van der Waals surface area contributed by atoms with Gasteiger partial charge in [0.05, 0.1) is 19.8 Å². The van der Waals surface area contributed by atoms with Crippen LogP contribution in [0.15, 0.2) is 33.3 Å². The fourth-order valence-corrected chi connectivity index (χ4v) is 3.07. The highest BCUT2D eigenvalue weighted by Crippen LogP contribution is 2.23. The number of aliphatic hydroxyl groups excluding tert-OH is 1. The molecule has 8 heteroatoms. The van der Waals surface area contributed by atoms with Crippen molar-refractivity contribution in [1.82, 2.24) is 15.0 Å². The summed E-state index contributed by atoms with van der Waals surface area (Å²) in [5, 5.41) is 13.8. The summed E-state index contributed by atoms with van der Waals surface area (Å²) in [6.07, 6.45) is -0.217. The monoisotopic (exact) mass is 381 g/mol. The topological polar surface area (TPSA) is 88.7 Å². The summed E-state index contributed by atoms with van der Waals surface area (Å²) in [6, 6.07) is 7.09. The molecule has 1 aromatic heterocycles. The van der Waals surface area contributed by atoms with Gasteiger partial charge in [-0.3, -0.25) is 9.69 Å². The van der Waals surface area contributed by atoms with Crippen LogP contribution in [0.4, 0.5) is 0 Å². The van der Waals surface area contributed by atoms with Crippen LogP contribution < -0.4 is 0 Å². The quantitative estimate of drug-likeness (QED) is 0.804. The highest BCUT2D eigenvalue weighted by Gasteiger charge is 2.37. The molecule has 122 valence electrons. The van der Waals surface area contributed by atoms with Gasteiger partial charge in [0.15, 0.2) is 0 Å². The van der Waals surface area contributed by atoms with Crippen LogP contribution in [0.25, 0.3) is 11.4 Å². The Balaban J connectivity index is 1.75. The van der Waals surface area contributed by atoms with Crippen molar-refractivity contribution in [2.24, 2.45) is 0 Å². The zero-order valence-corrected chi connectivity index (χ0v) is 14.1. The first kappa shape index (κ1) is 16.1. The van der Waals surface area contributed by atoms with Gasteiger partial charge in [-0.25, -0.2) is 0 Å². The molecule has 0 aliphatic carbocycles. The van der Waals surface area contributed by atoms with E-state index in [-0.39, 0.29) is 12.5 Å². The van der Waals surface area contributed by atoms with Gasteiger partial charge in [-0.1, -0.05) is 33.2 Å². The van der Waals surface area contributed by atoms with Crippen molar-refractivity contribution in [3.8, 4) is 11.4 Å². The average Bonchev–Trinajstić information content (AvgIpc) is 3.14. The maximum absolute atomic E-state index is 11.8. The number of likely N-dealkylation sites (tertiary alicyclic amines) is 1. The van der Waals surface area contributed by atoms with E-state index in [1.807, 2.05) is 24.3 Å².